The Morgan fingerprint density at radius 3 is 3.00 bits per heavy atom. The zero-order valence-corrected chi connectivity index (χ0v) is 7.23. The molecule has 4 N–H and O–H groups in total. The Morgan fingerprint density at radius 2 is 2.46 bits per heavy atom. The molecular weight excluding hydrogens is 168 g/mol. The highest BCUT2D eigenvalue weighted by atomic mass is 15.8. The molecule has 1 aliphatic heterocycles. The summed E-state index contributed by atoms with van der Waals surface area (Å²) in [5, 5.41) is 0. The van der Waals surface area contributed by atoms with E-state index in [0.717, 1.165) is 5.84 Å². The Labute approximate surface area is 75.3 Å². The zero-order chi connectivity index (χ0) is 9.31. The first kappa shape index (κ1) is 7.96. The van der Waals surface area contributed by atoms with Crippen molar-refractivity contribution in [3.8, 4) is 0 Å². The normalized spacial score (nSPS) is 26.2. The summed E-state index contributed by atoms with van der Waals surface area (Å²) >= 11 is 0. The van der Waals surface area contributed by atoms with Crippen molar-refractivity contribution in [3.05, 3.63) is 24.8 Å². The fourth-order valence-electron chi connectivity index (χ4n) is 1.07. The van der Waals surface area contributed by atoms with Gasteiger partial charge in [-0.05, 0) is 0 Å². The summed E-state index contributed by atoms with van der Waals surface area (Å²) in [6.45, 7) is 1.84. The predicted octanol–water partition coefficient (Wildman–Crippen LogP) is 0.330. The summed E-state index contributed by atoms with van der Waals surface area (Å²) in [7, 11) is 0. The van der Waals surface area contributed by atoms with E-state index < -0.39 is 0 Å². The number of aliphatic imine (C=N–C) groups is 1. The van der Waals surface area contributed by atoms with Crippen molar-refractivity contribution in [1.82, 2.24) is 9.97 Å². The maximum Gasteiger partial charge on any atom is 0.249 e. The van der Waals surface area contributed by atoms with Crippen LogP contribution in [0.15, 0.2) is 29.8 Å². The number of hydrogen-bond donors (Lipinski definition) is 3. The molecule has 6 heteroatoms. The van der Waals surface area contributed by atoms with Gasteiger partial charge >= 0.3 is 0 Å². The lowest BCUT2D eigenvalue weighted by Crippen LogP contribution is -2.56. The Balaban J connectivity index is 2.19. The van der Waals surface area contributed by atoms with Crippen LogP contribution in [0.2, 0.25) is 0 Å². The van der Waals surface area contributed by atoms with Gasteiger partial charge in [0.25, 0.3) is 0 Å². The van der Waals surface area contributed by atoms with E-state index in [0.29, 0.717) is 5.95 Å². The molecule has 0 bridgehead atoms. The van der Waals surface area contributed by atoms with Crippen LogP contribution < -0.4 is 11.3 Å². The number of rotatable bonds is 2. The molecule has 0 amide bonds. The molecule has 0 aliphatic carbocycles. The van der Waals surface area contributed by atoms with Crippen LogP contribution >= 0.6 is 0 Å². The zero-order valence-electron chi connectivity index (χ0n) is 7.23. The number of nitrogens with zero attached hydrogens (tertiary/aromatic N) is 3. The molecule has 0 saturated heterocycles. The van der Waals surface area contributed by atoms with Crippen molar-refractivity contribution < 1.29 is 4.70 Å². The molecule has 1 aromatic rings. The Kier molecular flexibility index (Phi) is 1.64. The van der Waals surface area contributed by atoms with E-state index in [1.54, 1.807) is 24.8 Å². The minimum absolute atomic E-state index is 0.0342. The molecular formula is C7H11N6+. The molecule has 0 saturated carbocycles. The number of aromatic amines is 1. The number of H-pyrrole nitrogens is 1. The van der Waals surface area contributed by atoms with Gasteiger partial charge in [-0.3, -0.25) is 0 Å². The van der Waals surface area contributed by atoms with Gasteiger partial charge in [0.15, 0.2) is 6.20 Å². The van der Waals surface area contributed by atoms with Gasteiger partial charge in [-0.2, -0.15) is 10.4 Å². The van der Waals surface area contributed by atoms with E-state index in [1.807, 2.05) is 6.92 Å². The number of imidazole rings is 1. The summed E-state index contributed by atoms with van der Waals surface area (Å²) in [5.41, 5.74) is 2.98. The van der Waals surface area contributed by atoms with Gasteiger partial charge in [0.2, 0.25) is 11.8 Å². The van der Waals surface area contributed by atoms with E-state index in [1.165, 1.54) is 0 Å². The standard InChI is InChI=1S/C7H11N6/c1-6-9-4-5-13(6,8)12-7-10-2-3-11-7/h2-5H,8H2,1H3,(H2,10,11,12)/q+1. The molecule has 2 heterocycles. The highest BCUT2D eigenvalue weighted by Gasteiger charge is 2.29. The minimum Gasteiger partial charge on any atom is -0.327 e. The third-order valence-corrected chi connectivity index (χ3v) is 1.89. The van der Waals surface area contributed by atoms with Crippen molar-refractivity contribution in [1.29, 1.82) is 0 Å². The molecule has 0 radical (unpaired) electrons. The van der Waals surface area contributed by atoms with E-state index in [2.05, 4.69) is 20.4 Å². The topological polar surface area (TPSA) is 79.1 Å². The van der Waals surface area contributed by atoms with E-state index >= 15 is 0 Å². The van der Waals surface area contributed by atoms with Gasteiger partial charge in [0.1, 0.15) is 0 Å². The van der Waals surface area contributed by atoms with Crippen LogP contribution in [0.1, 0.15) is 6.92 Å². The average molecular weight is 179 g/mol. The average Bonchev–Trinajstić information content (AvgIpc) is 2.65. The Morgan fingerprint density at radius 1 is 1.62 bits per heavy atom. The molecule has 0 spiro atoms. The lowest BCUT2D eigenvalue weighted by molar-refractivity contribution is -0.775. The van der Waals surface area contributed by atoms with Crippen molar-refractivity contribution in [2.24, 2.45) is 10.8 Å². The molecule has 6 nitrogen and oxygen atoms in total. The fourth-order valence-corrected chi connectivity index (χ4v) is 1.07. The highest BCUT2D eigenvalue weighted by Crippen LogP contribution is 2.11. The number of nitrogens with one attached hydrogen (secondary N) is 2. The predicted molar refractivity (Wildman–Crippen MR) is 48.9 cm³/mol. The Hall–Kier alpha value is -1.66. The molecule has 1 atom stereocenters. The van der Waals surface area contributed by atoms with Gasteiger partial charge in [0, 0.05) is 19.3 Å². The molecule has 1 unspecified atom stereocenters. The van der Waals surface area contributed by atoms with Gasteiger partial charge in [-0.25, -0.2) is 4.98 Å². The van der Waals surface area contributed by atoms with Crippen LogP contribution in [0.25, 0.3) is 0 Å². The number of hydrogen-bond acceptors (Lipinski definition) is 4. The second-order valence-electron chi connectivity index (χ2n) is 2.80. The summed E-state index contributed by atoms with van der Waals surface area (Å²) < 4.78 is -0.0342. The first-order chi connectivity index (χ1) is 6.21. The van der Waals surface area contributed by atoms with Gasteiger partial charge in [0.05, 0.1) is 6.20 Å². The molecule has 13 heavy (non-hydrogen) atoms. The van der Waals surface area contributed by atoms with Gasteiger partial charge < -0.3 is 4.98 Å². The summed E-state index contributed by atoms with van der Waals surface area (Å²) in [6, 6.07) is 0. The van der Waals surface area contributed by atoms with Crippen LogP contribution in [-0.2, 0) is 0 Å². The number of quaternary nitrogens is 1. The maximum absolute atomic E-state index is 5.94. The lowest BCUT2D eigenvalue weighted by atomic mass is 10.6. The molecule has 1 aromatic heterocycles. The highest BCUT2D eigenvalue weighted by molar-refractivity contribution is 5.75. The van der Waals surface area contributed by atoms with E-state index in [4.69, 9.17) is 5.84 Å². The fraction of sp³-hybridized carbons (Fsp3) is 0.143. The Bertz CT molecular complexity index is 351. The van der Waals surface area contributed by atoms with Crippen LogP contribution in [0, 0.1) is 0 Å². The monoisotopic (exact) mass is 179 g/mol. The molecule has 68 valence electrons. The van der Waals surface area contributed by atoms with Gasteiger partial charge in [-0.15, -0.1) is 5.84 Å². The SMILES string of the molecule is CC1=NC=C[N+]1(N)Nc1ncc[nH]1. The third kappa shape index (κ3) is 1.32. The van der Waals surface area contributed by atoms with E-state index in [-0.39, 0.29) is 4.70 Å². The summed E-state index contributed by atoms with van der Waals surface area (Å²) in [6.07, 6.45) is 6.77. The maximum atomic E-state index is 5.94. The number of anilines is 1. The smallest absolute Gasteiger partial charge is 0.249 e. The second-order valence-corrected chi connectivity index (χ2v) is 2.80. The van der Waals surface area contributed by atoms with E-state index in [9.17, 15) is 0 Å². The minimum atomic E-state index is -0.0342. The van der Waals surface area contributed by atoms with Crippen LogP contribution in [0.3, 0.4) is 0 Å². The first-order valence-corrected chi connectivity index (χ1v) is 3.88. The summed E-state index contributed by atoms with van der Waals surface area (Å²) in [5.74, 6) is 7.32. The molecule has 0 fully saturated rings. The van der Waals surface area contributed by atoms with Crippen LogP contribution in [-0.4, -0.2) is 20.5 Å². The first-order valence-electron chi connectivity index (χ1n) is 3.88. The quantitative estimate of drug-likeness (QED) is 0.452. The summed E-state index contributed by atoms with van der Waals surface area (Å²) in [4.78, 5) is 11.0. The molecule has 0 aromatic carbocycles. The van der Waals surface area contributed by atoms with Crippen molar-refractivity contribution >= 4 is 11.8 Å². The second kappa shape index (κ2) is 2.68. The number of amidine groups is 1. The van der Waals surface area contributed by atoms with Crippen LogP contribution in [0.5, 0.6) is 0 Å². The number of nitrogens with two attached hydrogens (primary N) is 1. The molecule has 1 aliphatic rings. The molecule has 2 rings (SSSR count). The number of aromatic nitrogens is 2. The van der Waals surface area contributed by atoms with Crippen LogP contribution in [0.4, 0.5) is 5.95 Å². The van der Waals surface area contributed by atoms with Crippen molar-refractivity contribution in [2.75, 3.05) is 5.43 Å². The van der Waals surface area contributed by atoms with Crippen molar-refractivity contribution in [2.45, 2.75) is 6.92 Å². The van der Waals surface area contributed by atoms with Crippen molar-refractivity contribution in [3.63, 3.8) is 0 Å². The third-order valence-electron chi connectivity index (χ3n) is 1.89. The lowest BCUT2D eigenvalue weighted by Gasteiger charge is -2.22. The largest absolute Gasteiger partial charge is 0.327 e. The van der Waals surface area contributed by atoms with Gasteiger partial charge in [-0.1, -0.05) is 4.70 Å².